The maximum atomic E-state index is 11.9. The van der Waals surface area contributed by atoms with Crippen molar-refractivity contribution in [3.63, 3.8) is 0 Å². The molecule has 1 heterocycles. The number of ether oxygens (including phenoxy) is 1. The van der Waals surface area contributed by atoms with E-state index in [1.165, 1.54) is 45.3 Å². The predicted octanol–water partition coefficient (Wildman–Crippen LogP) is 3.88. The summed E-state index contributed by atoms with van der Waals surface area (Å²) in [5.41, 5.74) is -1.81. The van der Waals surface area contributed by atoms with Crippen LogP contribution in [0.2, 0.25) is 0 Å². The van der Waals surface area contributed by atoms with Crippen LogP contribution >= 0.6 is 0 Å². The van der Waals surface area contributed by atoms with E-state index in [9.17, 15) is 15.0 Å². The number of aliphatic hydroxyl groups excluding tert-OH is 1. The molecule has 1 rings (SSSR count). The second-order valence-corrected chi connectivity index (χ2v) is 6.60. The molecule has 0 aromatic carbocycles. The van der Waals surface area contributed by atoms with Crippen LogP contribution in [0.3, 0.4) is 0 Å². The van der Waals surface area contributed by atoms with E-state index in [0.717, 1.165) is 19.3 Å². The van der Waals surface area contributed by atoms with E-state index in [2.05, 4.69) is 6.92 Å². The Bertz CT molecular complexity index is 533. The number of hydrogen-bond donors (Lipinski definition) is 2. The van der Waals surface area contributed by atoms with Crippen LogP contribution in [0.15, 0.2) is 15.3 Å². The molecule has 5 nitrogen and oxygen atoms in total. The van der Waals surface area contributed by atoms with E-state index < -0.39 is 17.8 Å². The fourth-order valence-electron chi connectivity index (χ4n) is 2.81. The predicted molar refractivity (Wildman–Crippen MR) is 94.3 cm³/mol. The van der Waals surface area contributed by atoms with Gasteiger partial charge >= 0.3 is 5.63 Å². The van der Waals surface area contributed by atoms with Crippen molar-refractivity contribution in [2.24, 2.45) is 0 Å². The molecule has 1 unspecified atom stereocenters. The molecule has 0 fully saturated rings. The van der Waals surface area contributed by atoms with E-state index in [-0.39, 0.29) is 17.1 Å². The van der Waals surface area contributed by atoms with Gasteiger partial charge in [0.15, 0.2) is 0 Å². The molecule has 0 aliphatic rings. The quantitative estimate of drug-likeness (QED) is 0.564. The van der Waals surface area contributed by atoms with Crippen molar-refractivity contribution in [1.29, 1.82) is 0 Å². The highest BCUT2D eigenvalue weighted by Crippen LogP contribution is 2.29. The molecule has 2 N–H and O–H groups in total. The van der Waals surface area contributed by atoms with Crippen molar-refractivity contribution in [1.82, 2.24) is 0 Å². The van der Waals surface area contributed by atoms with Crippen LogP contribution in [-0.2, 0) is 12.2 Å². The first-order valence-electron chi connectivity index (χ1n) is 9.01. The third kappa shape index (κ3) is 6.29. The number of methoxy groups -OCH3 is 1. The molecule has 1 atom stereocenters. The maximum absolute atomic E-state index is 11.9. The number of unbranched alkanes of at least 4 members (excludes halogenated alkanes) is 7. The molecule has 0 aliphatic heterocycles. The third-order valence-corrected chi connectivity index (χ3v) is 4.43. The van der Waals surface area contributed by atoms with Crippen molar-refractivity contribution in [2.75, 3.05) is 7.11 Å². The van der Waals surface area contributed by atoms with Crippen LogP contribution in [0, 0.1) is 0 Å². The first kappa shape index (κ1) is 20.7. The minimum absolute atomic E-state index is 0.0733. The van der Waals surface area contributed by atoms with Gasteiger partial charge < -0.3 is 19.4 Å². The molecule has 0 amide bonds. The van der Waals surface area contributed by atoms with Crippen molar-refractivity contribution < 1.29 is 19.4 Å². The van der Waals surface area contributed by atoms with Crippen LogP contribution in [0.5, 0.6) is 5.75 Å². The molecule has 1 aromatic heterocycles. The summed E-state index contributed by atoms with van der Waals surface area (Å²) in [4.78, 5) is 11.9. The summed E-state index contributed by atoms with van der Waals surface area (Å²) in [6.45, 7) is 3.40. The Morgan fingerprint density at radius 3 is 2.25 bits per heavy atom. The molecule has 0 spiro atoms. The smallest absolute Gasteiger partial charge is 0.345 e. The van der Waals surface area contributed by atoms with Gasteiger partial charge in [-0.3, -0.25) is 0 Å². The number of aliphatic hydroxyl groups is 2. The van der Waals surface area contributed by atoms with E-state index in [1.807, 2.05) is 0 Å². The first-order valence-corrected chi connectivity index (χ1v) is 9.01. The lowest BCUT2D eigenvalue weighted by molar-refractivity contribution is 0.0188. The van der Waals surface area contributed by atoms with Crippen LogP contribution in [0.1, 0.15) is 83.0 Å². The Morgan fingerprint density at radius 1 is 1.12 bits per heavy atom. The highest BCUT2D eigenvalue weighted by atomic mass is 16.5. The van der Waals surface area contributed by atoms with Gasteiger partial charge in [0, 0.05) is 6.07 Å². The van der Waals surface area contributed by atoms with E-state index >= 15 is 0 Å². The van der Waals surface area contributed by atoms with Crippen LogP contribution < -0.4 is 10.4 Å². The van der Waals surface area contributed by atoms with Gasteiger partial charge in [-0.2, -0.15) is 0 Å². The standard InChI is InChI=1S/C19H32O5/c1-4-5-6-7-8-9-10-11-12-19(2,22)17-13-16(23-3)15(14-20)18(21)24-17/h13,20,22H,4-12,14H2,1-3H3. The highest BCUT2D eigenvalue weighted by Gasteiger charge is 2.28. The molecule has 1 aromatic rings. The van der Waals surface area contributed by atoms with E-state index in [4.69, 9.17) is 9.15 Å². The Morgan fingerprint density at radius 2 is 1.71 bits per heavy atom. The molecular formula is C19H32O5. The lowest BCUT2D eigenvalue weighted by Gasteiger charge is -2.22. The minimum atomic E-state index is -1.22. The second kappa shape index (κ2) is 10.5. The maximum Gasteiger partial charge on any atom is 0.345 e. The summed E-state index contributed by atoms with van der Waals surface area (Å²) < 4.78 is 10.3. The highest BCUT2D eigenvalue weighted by molar-refractivity contribution is 5.32. The fourth-order valence-corrected chi connectivity index (χ4v) is 2.81. The molecule has 0 saturated carbocycles. The lowest BCUT2D eigenvalue weighted by Crippen LogP contribution is -2.24. The summed E-state index contributed by atoms with van der Waals surface area (Å²) >= 11 is 0. The summed E-state index contributed by atoms with van der Waals surface area (Å²) in [5.74, 6) is 0.435. The Balaban J connectivity index is 2.53. The molecule has 0 saturated heterocycles. The zero-order chi connectivity index (χ0) is 18.0. The second-order valence-electron chi connectivity index (χ2n) is 6.60. The molecule has 138 valence electrons. The Hall–Kier alpha value is -1.33. The van der Waals surface area contributed by atoms with Gasteiger partial charge in [0.1, 0.15) is 22.7 Å². The van der Waals surface area contributed by atoms with Crippen molar-refractivity contribution in [3.8, 4) is 5.75 Å². The van der Waals surface area contributed by atoms with E-state index in [0.29, 0.717) is 6.42 Å². The first-order chi connectivity index (χ1) is 11.5. The van der Waals surface area contributed by atoms with E-state index in [1.54, 1.807) is 6.92 Å². The van der Waals surface area contributed by atoms with Crippen molar-refractivity contribution >= 4 is 0 Å². The third-order valence-electron chi connectivity index (χ3n) is 4.43. The minimum Gasteiger partial charge on any atom is -0.496 e. The van der Waals surface area contributed by atoms with Gasteiger partial charge in [0.05, 0.1) is 13.7 Å². The van der Waals surface area contributed by atoms with Crippen LogP contribution in [0.25, 0.3) is 0 Å². The molecule has 5 heteroatoms. The molecule has 0 aliphatic carbocycles. The lowest BCUT2D eigenvalue weighted by atomic mass is 9.94. The summed E-state index contributed by atoms with van der Waals surface area (Å²) in [6, 6.07) is 1.50. The van der Waals surface area contributed by atoms with Crippen molar-refractivity contribution in [2.45, 2.75) is 83.8 Å². The number of hydrogen-bond acceptors (Lipinski definition) is 5. The van der Waals surface area contributed by atoms with Gasteiger partial charge in [-0.15, -0.1) is 0 Å². The molecule has 0 bridgehead atoms. The number of rotatable bonds is 12. The normalized spacial score (nSPS) is 13.7. The fraction of sp³-hybridized carbons (Fsp3) is 0.737. The van der Waals surface area contributed by atoms with Gasteiger partial charge in [-0.05, 0) is 13.3 Å². The topological polar surface area (TPSA) is 79.9 Å². The summed E-state index contributed by atoms with van der Waals surface area (Å²) in [7, 11) is 1.42. The van der Waals surface area contributed by atoms with Gasteiger partial charge in [0.25, 0.3) is 0 Å². The van der Waals surface area contributed by atoms with Crippen molar-refractivity contribution in [3.05, 3.63) is 27.8 Å². The van der Waals surface area contributed by atoms with Gasteiger partial charge in [-0.1, -0.05) is 58.3 Å². The van der Waals surface area contributed by atoms with Crippen LogP contribution in [-0.4, -0.2) is 17.3 Å². The van der Waals surface area contributed by atoms with Crippen LogP contribution in [0.4, 0.5) is 0 Å². The molecular weight excluding hydrogens is 308 g/mol. The average molecular weight is 340 g/mol. The molecule has 24 heavy (non-hydrogen) atoms. The Labute approximate surface area is 144 Å². The largest absolute Gasteiger partial charge is 0.496 e. The van der Waals surface area contributed by atoms with Gasteiger partial charge in [0.2, 0.25) is 0 Å². The Kier molecular flexibility index (Phi) is 9.08. The monoisotopic (exact) mass is 340 g/mol. The zero-order valence-corrected chi connectivity index (χ0v) is 15.3. The molecule has 0 radical (unpaired) electrons. The summed E-state index contributed by atoms with van der Waals surface area (Å²) in [5, 5.41) is 19.8. The zero-order valence-electron chi connectivity index (χ0n) is 15.3. The SMILES string of the molecule is CCCCCCCCCCC(C)(O)c1cc(OC)c(CO)c(=O)o1. The van der Waals surface area contributed by atoms with Gasteiger partial charge in [-0.25, -0.2) is 4.79 Å². The summed E-state index contributed by atoms with van der Waals surface area (Å²) in [6.07, 6.45) is 9.98. The average Bonchev–Trinajstić information content (AvgIpc) is 2.56.